The van der Waals surface area contributed by atoms with Gasteiger partial charge < -0.3 is 8.98 Å². The zero-order chi connectivity index (χ0) is 8.60. The maximum atomic E-state index is 4.99. The molecule has 0 aliphatic carbocycles. The van der Waals surface area contributed by atoms with Gasteiger partial charge in [0, 0.05) is 6.54 Å². The summed E-state index contributed by atoms with van der Waals surface area (Å²) in [7, 11) is -1.16. The molecular formula is C8H14N2OSi. The van der Waals surface area contributed by atoms with Crippen LogP contribution in [0.2, 0.25) is 19.1 Å². The van der Waals surface area contributed by atoms with Gasteiger partial charge in [-0.25, -0.2) is 4.98 Å². The van der Waals surface area contributed by atoms with E-state index >= 15 is 0 Å². The van der Waals surface area contributed by atoms with Crippen molar-refractivity contribution in [3.8, 4) is 0 Å². The second-order valence-corrected chi connectivity index (χ2v) is 8.58. The Morgan fingerprint density at radius 1 is 1.58 bits per heavy atom. The van der Waals surface area contributed by atoms with Crippen molar-refractivity contribution >= 4 is 14.1 Å². The Kier molecular flexibility index (Phi) is 1.72. The maximum absolute atomic E-state index is 4.99. The molecule has 1 aromatic heterocycles. The zero-order valence-electron chi connectivity index (χ0n) is 7.58. The highest BCUT2D eigenvalue weighted by Crippen LogP contribution is 2.29. The van der Waals surface area contributed by atoms with Crippen LogP contribution in [-0.2, 0) is 0 Å². The SMILES string of the molecule is C[Si]1(C)CCCN1c1cocn1. The number of aromatic nitrogens is 1. The largest absolute Gasteiger partial charge is 0.450 e. The van der Waals surface area contributed by atoms with Crippen molar-refractivity contribution in [2.24, 2.45) is 0 Å². The molecule has 0 saturated carbocycles. The second-order valence-electron chi connectivity index (χ2n) is 3.91. The van der Waals surface area contributed by atoms with E-state index in [2.05, 4.69) is 22.6 Å². The summed E-state index contributed by atoms with van der Waals surface area (Å²) < 4.78 is 7.43. The van der Waals surface area contributed by atoms with Crippen LogP contribution in [0.1, 0.15) is 6.42 Å². The van der Waals surface area contributed by atoms with Crippen LogP contribution >= 0.6 is 0 Å². The van der Waals surface area contributed by atoms with Gasteiger partial charge in [-0.2, -0.15) is 0 Å². The second kappa shape index (κ2) is 2.62. The molecule has 0 spiro atoms. The van der Waals surface area contributed by atoms with Crippen LogP contribution in [-0.4, -0.2) is 19.8 Å². The van der Waals surface area contributed by atoms with Gasteiger partial charge in [-0.15, -0.1) is 0 Å². The third kappa shape index (κ3) is 1.16. The topological polar surface area (TPSA) is 29.3 Å². The van der Waals surface area contributed by atoms with Gasteiger partial charge in [0.05, 0.1) is 0 Å². The average molecular weight is 182 g/mol. The molecule has 1 fully saturated rings. The number of oxazole rings is 1. The van der Waals surface area contributed by atoms with Crippen molar-refractivity contribution in [3.05, 3.63) is 12.7 Å². The van der Waals surface area contributed by atoms with E-state index in [1.807, 2.05) is 0 Å². The van der Waals surface area contributed by atoms with E-state index in [9.17, 15) is 0 Å². The van der Waals surface area contributed by atoms with Crippen LogP contribution < -0.4 is 4.57 Å². The molecule has 3 nitrogen and oxygen atoms in total. The Morgan fingerprint density at radius 3 is 2.92 bits per heavy atom. The fraction of sp³-hybridized carbons (Fsp3) is 0.625. The highest BCUT2D eigenvalue weighted by Gasteiger charge is 2.35. The lowest BCUT2D eigenvalue weighted by Crippen LogP contribution is -2.43. The standard InChI is InChI=1S/C8H14N2OSi/c1-12(2)5-3-4-10(12)8-6-11-7-9-8/h6-7H,3-5H2,1-2H3. The lowest BCUT2D eigenvalue weighted by atomic mass is 10.5. The molecule has 1 aliphatic heterocycles. The fourth-order valence-corrected chi connectivity index (χ4v) is 4.66. The molecule has 0 unspecified atom stereocenters. The summed E-state index contributed by atoms with van der Waals surface area (Å²) >= 11 is 0. The van der Waals surface area contributed by atoms with Crippen molar-refractivity contribution in [3.63, 3.8) is 0 Å². The molecule has 1 aromatic rings. The van der Waals surface area contributed by atoms with Gasteiger partial charge in [0.25, 0.3) is 0 Å². The Hall–Kier alpha value is -0.773. The molecule has 66 valence electrons. The van der Waals surface area contributed by atoms with Gasteiger partial charge in [0.2, 0.25) is 0 Å². The van der Waals surface area contributed by atoms with Gasteiger partial charge in [0.15, 0.2) is 20.4 Å². The number of anilines is 1. The van der Waals surface area contributed by atoms with E-state index in [1.165, 1.54) is 18.9 Å². The third-order valence-corrected chi connectivity index (χ3v) is 6.09. The van der Waals surface area contributed by atoms with E-state index in [0.717, 1.165) is 12.4 Å². The third-order valence-electron chi connectivity index (χ3n) is 2.60. The average Bonchev–Trinajstić information content (AvgIpc) is 2.55. The van der Waals surface area contributed by atoms with Gasteiger partial charge in [-0.05, 0) is 12.5 Å². The molecular weight excluding hydrogens is 168 g/mol. The molecule has 1 saturated heterocycles. The van der Waals surface area contributed by atoms with Gasteiger partial charge >= 0.3 is 0 Å². The van der Waals surface area contributed by atoms with Crippen LogP contribution in [0.15, 0.2) is 17.1 Å². The van der Waals surface area contributed by atoms with Gasteiger partial charge in [-0.1, -0.05) is 13.1 Å². The molecule has 12 heavy (non-hydrogen) atoms. The Balaban J connectivity index is 2.25. The molecule has 0 aromatic carbocycles. The Bertz CT molecular complexity index is 258. The molecule has 0 radical (unpaired) electrons. The summed E-state index contributed by atoms with van der Waals surface area (Å²) in [4.78, 5) is 4.19. The van der Waals surface area contributed by atoms with E-state index < -0.39 is 8.24 Å². The van der Waals surface area contributed by atoms with Crippen LogP contribution in [0.25, 0.3) is 0 Å². The maximum Gasteiger partial charge on any atom is 0.182 e. The van der Waals surface area contributed by atoms with E-state index in [0.29, 0.717) is 0 Å². The molecule has 2 heterocycles. The highest BCUT2D eigenvalue weighted by atomic mass is 28.3. The van der Waals surface area contributed by atoms with E-state index in [1.54, 1.807) is 6.26 Å². The summed E-state index contributed by atoms with van der Waals surface area (Å²) in [5.74, 6) is 1.03. The summed E-state index contributed by atoms with van der Waals surface area (Å²) in [6, 6.07) is 1.37. The van der Waals surface area contributed by atoms with Crippen LogP contribution in [0.4, 0.5) is 5.82 Å². The quantitative estimate of drug-likeness (QED) is 0.623. The van der Waals surface area contributed by atoms with Crippen LogP contribution in [0, 0.1) is 0 Å². The number of hydrogen-bond donors (Lipinski definition) is 0. The lowest BCUT2D eigenvalue weighted by Gasteiger charge is -2.29. The lowest BCUT2D eigenvalue weighted by molar-refractivity contribution is 0.558. The van der Waals surface area contributed by atoms with Crippen LogP contribution in [0.5, 0.6) is 0 Å². The Labute approximate surface area is 73.5 Å². The fourth-order valence-electron chi connectivity index (χ4n) is 1.87. The first-order valence-corrected chi connectivity index (χ1v) is 7.51. The van der Waals surface area contributed by atoms with E-state index in [4.69, 9.17) is 4.42 Å². The summed E-state index contributed by atoms with van der Waals surface area (Å²) in [6.07, 6.45) is 4.57. The van der Waals surface area contributed by atoms with Crippen molar-refractivity contribution in [1.82, 2.24) is 4.98 Å². The van der Waals surface area contributed by atoms with Gasteiger partial charge in [0.1, 0.15) is 6.26 Å². The normalized spacial score (nSPS) is 21.7. The highest BCUT2D eigenvalue weighted by molar-refractivity contribution is 6.81. The predicted octanol–water partition coefficient (Wildman–Crippen LogP) is 2.09. The molecule has 2 rings (SSSR count). The van der Waals surface area contributed by atoms with Gasteiger partial charge in [-0.3, -0.25) is 0 Å². The minimum Gasteiger partial charge on any atom is -0.450 e. The van der Waals surface area contributed by atoms with Crippen LogP contribution in [0.3, 0.4) is 0 Å². The smallest absolute Gasteiger partial charge is 0.182 e. The number of hydrogen-bond acceptors (Lipinski definition) is 3. The van der Waals surface area contributed by atoms with Crippen molar-refractivity contribution in [2.45, 2.75) is 25.6 Å². The first-order chi connectivity index (χ1) is 5.70. The molecule has 4 heteroatoms. The monoisotopic (exact) mass is 182 g/mol. The van der Waals surface area contributed by atoms with Crippen molar-refractivity contribution in [1.29, 1.82) is 0 Å². The summed E-state index contributed by atoms with van der Waals surface area (Å²) in [6.45, 7) is 5.93. The summed E-state index contributed by atoms with van der Waals surface area (Å²) in [5.41, 5.74) is 0. The predicted molar refractivity (Wildman–Crippen MR) is 50.8 cm³/mol. The van der Waals surface area contributed by atoms with Crippen molar-refractivity contribution in [2.75, 3.05) is 11.1 Å². The Morgan fingerprint density at radius 2 is 2.42 bits per heavy atom. The number of rotatable bonds is 1. The van der Waals surface area contributed by atoms with Crippen molar-refractivity contribution < 1.29 is 4.42 Å². The molecule has 1 aliphatic rings. The molecule has 0 bridgehead atoms. The molecule has 0 atom stereocenters. The minimum atomic E-state index is -1.16. The number of nitrogens with zero attached hydrogens (tertiary/aromatic N) is 2. The minimum absolute atomic E-state index is 1.03. The summed E-state index contributed by atoms with van der Waals surface area (Å²) in [5, 5.41) is 0. The first kappa shape index (κ1) is 7.85. The van der Waals surface area contributed by atoms with E-state index in [-0.39, 0.29) is 0 Å². The molecule has 0 N–H and O–H groups in total. The zero-order valence-corrected chi connectivity index (χ0v) is 8.58. The molecule has 0 amide bonds. The first-order valence-electron chi connectivity index (χ1n) is 4.36.